The lowest BCUT2D eigenvalue weighted by Crippen LogP contribution is -2.43. The minimum Gasteiger partial charge on any atom is -0.393 e. The third-order valence-electron chi connectivity index (χ3n) is 9.93. The molecule has 2 aromatic carbocycles. The molecule has 3 heterocycles. The number of aliphatic hydroxyl groups is 1. The Bertz CT molecular complexity index is 1710. The molecule has 0 bridgehead atoms. The van der Waals surface area contributed by atoms with Gasteiger partial charge < -0.3 is 20.6 Å². The Labute approximate surface area is 285 Å². The number of piperazine rings is 1. The van der Waals surface area contributed by atoms with Gasteiger partial charge >= 0.3 is 0 Å². The molecule has 48 heavy (non-hydrogen) atoms. The molecule has 7 rings (SSSR count). The molecule has 1 saturated heterocycles. The molecule has 3 N–H and O–H groups in total. The lowest BCUT2D eigenvalue weighted by atomic mass is 9.93. The molecule has 0 amide bonds. The van der Waals surface area contributed by atoms with Crippen LogP contribution < -0.4 is 10.6 Å². The molecular formula is C40H47N7O. The first-order valence-electron chi connectivity index (χ1n) is 17.7. The standard InChI is InChI=1S/C40H47N7O/c1-46-22-24-47(25-23-46)28-32-6-11-33(12-7-32)38-27-42-40(45-39(38)43-34-16-18-37(48)19-17-34)44-35-13-8-30(9-14-35)10-15-36-26-31(20-21-41-36)5-4-29-2-3-29/h6-9,11-14,20-21,26-27,29,34,37,48H,2-5,16-19,22-25,28H2,1H3,(H2,42,43,44,45). The van der Waals surface area contributed by atoms with Crippen LogP contribution in [0.4, 0.5) is 17.5 Å². The van der Waals surface area contributed by atoms with Crippen molar-refractivity contribution < 1.29 is 5.11 Å². The normalized spacial score (nSPS) is 20.1. The van der Waals surface area contributed by atoms with Gasteiger partial charge in [-0.05, 0) is 110 Å². The van der Waals surface area contributed by atoms with E-state index in [1.54, 1.807) is 0 Å². The summed E-state index contributed by atoms with van der Waals surface area (Å²) in [6.07, 6.45) is 12.2. The Hall–Kier alpha value is -4.29. The Morgan fingerprint density at radius 1 is 0.833 bits per heavy atom. The second kappa shape index (κ2) is 15.3. The van der Waals surface area contributed by atoms with Crippen LogP contribution in [0.2, 0.25) is 0 Å². The third-order valence-corrected chi connectivity index (χ3v) is 9.93. The van der Waals surface area contributed by atoms with Gasteiger partial charge in [-0.15, -0.1) is 0 Å². The van der Waals surface area contributed by atoms with Crippen LogP contribution in [0.25, 0.3) is 11.1 Å². The van der Waals surface area contributed by atoms with Crippen LogP contribution >= 0.6 is 0 Å². The number of likely N-dealkylation sites (N-methyl/N-ethyl adjacent to an activating group) is 1. The summed E-state index contributed by atoms with van der Waals surface area (Å²) in [5.74, 6) is 8.78. The maximum Gasteiger partial charge on any atom is 0.229 e. The maximum absolute atomic E-state index is 10.1. The average molecular weight is 642 g/mol. The van der Waals surface area contributed by atoms with Crippen molar-refractivity contribution in [3.8, 4) is 23.0 Å². The van der Waals surface area contributed by atoms with E-state index in [0.29, 0.717) is 5.95 Å². The van der Waals surface area contributed by atoms with Crippen molar-refractivity contribution in [2.45, 2.75) is 70.1 Å². The van der Waals surface area contributed by atoms with Gasteiger partial charge in [-0.1, -0.05) is 43.0 Å². The van der Waals surface area contributed by atoms with E-state index in [4.69, 9.17) is 9.97 Å². The number of nitrogens with one attached hydrogen (secondary N) is 2. The quantitative estimate of drug-likeness (QED) is 0.170. The van der Waals surface area contributed by atoms with Crippen LogP contribution in [0.5, 0.6) is 0 Å². The fraction of sp³-hybridized carbons (Fsp3) is 0.425. The van der Waals surface area contributed by atoms with Gasteiger partial charge in [0.2, 0.25) is 5.95 Å². The number of pyridine rings is 1. The summed E-state index contributed by atoms with van der Waals surface area (Å²) >= 11 is 0. The van der Waals surface area contributed by atoms with Gasteiger partial charge in [-0.2, -0.15) is 4.98 Å². The summed E-state index contributed by atoms with van der Waals surface area (Å²) < 4.78 is 0. The number of nitrogens with zero attached hydrogens (tertiary/aromatic N) is 5. The fourth-order valence-electron chi connectivity index (χ4n) is 6.61. The summed E-state index contributed by atoms with van der Waals surface area (Å²) in [6.45, 7) is 5.42. The highest BCUT2D eigenvalue weighted by Gasteiger charge is 2.22. The fourth-order valence-corrected chi connectivity index (χ4v) is 6.61. The number of aromatic nitrogens is 3. The summed E-state index contributed by atoms with van der Waals surface area (Å²) in [5, 5.41) is 17.2. The summed E-state index contributed by atoms with van der Waals surface area (Å²) in [6, 6.07) is 21.4. The van der Waals surface area contributed by atoms with E-state index < -0.39 is 0 Å². The molecule has 3 fully saturated rings. The van der Waals surface area contributed by atoms with Crippen LogP contribution in [0.1, 0.15) is 67.3 Å². The molecule has 0 atom stereocenters. The van der Waals surface area contributed by atoms with Crippen LogP contribution in [0.15, 0.2) is 73.1 Å². The largest absolute Gasteiger partial charge is 0.393 e. The number of aliphatic hydroxyl groups excluding tert-OH is 1. The van der Waals surface area contributed by atoms with E-state index >= 15 is 0 Å². The lowest BCUT2D eigenvalue weighted by molar-refractivity contribution is 0.126. The number of rotatable bonds is 10. The summed E-state index contributed by atoms with van der Waals surface area (Å²) in [5.41, 5.74) is 7.35. The summed E-state index contributed by atoms with van der Waals surface area (Å²) in [4.78, 5) is 19.1. The van der Waals surface area contributed by atoms with Gasteiger partial charge in [-0.3, -0.25) is 4.90 Å². The van der Waals surface area contributed by atoms with E-state index in [1.807, 2.05) is 36.7 Å². The van der Waals surface area contributed by atoms with Gasteiger partial charge in [-0.25, -0.2) is 9.97 Å². The average Bonchev–Trinajstić information content (AvgIpc) is 3.95. The predicted molar refractivity (Wildman–Crippen MR) is 193 cm³/mol. The molecule has 1 aliphatic heterocycles. The molecule has 2 aromatic heterocycles. The minimum atomic E-state index is -0.205. The molecule has 3 aliphatic rings. The van der Waals surface area contributed by atoms with Gasteiger partial charge in [0.15, 0.2) is 0 Å². The first kappa shape index (κ1) is 32.3. The Kier molecular flexibility index (Phi) is 10.3. The van der Waals surface area contributed by atoms with Gasteiger partial charge in [0.25, 0.3) is 0 Å². The number of hydrogen-bond acceptors (Lipinski definition) is 8. The van der Waals surface area contributed by atoms with Crippen molar-refractivity contribution in [3.05, 3.63) is 95.4 Å². The maximum atomic E-state index is 10.1. The molecule has 2 aliphatic carbocycles. The second-order valence-electron chi connectivity index (χ2n) is 13.9. The van der Waals surface area contributed by atoms with Crippen molar-refractivity contribution in [1.29, 1.82) is 0 Å². The zero-order valence-corrected chi connectivity index (χ0v) is 28.0. The lowest BCUT2D eigenvalue weighted by Gasteiger charge is -2.32. The monoisotopic (exact) mass is 641 g/mol. The van der Waals surface area contributed by atoms with Crippen molar-refractivity contribution >= 4 is 17.5 Å². The van der Waals surface area contributed by atoms with Crippen LogP contribution in [-0.2, 0) is 13.0 Å². The van der Waals surface area contributed by atoms with Crippen molar-refractivity contribution in [3.63, 3.8) is 0 Å². The van der Waals surface area contributed by atoms with Gasteiger partial charge in [0.05, 0.1) is 6.10 Å². The zero-order valence-electron chi connectivity index (χ0n) is 28.0. The highest BCUT2D eigenvalue weighted by molar-refractivity contribution is 5.76. The van der Waals surface area contributed by atoms with Crippen LogP contribution in [0.3, 0.4) is 0 Å². The third kappa shape index (κ3) is 8.99. The molecule has 8 nitrogen and oxygen atoms in total. The zero-order chi connectivity index (χ0) is 32.7. The van der Waals surface area contributed by atoms with Gasteiger partial charge in [0.1, 0.15) is 11.5 Å². The predicted octanol–water partition coefficient (Wildman–Crippen LogP) is 6.49. The van der Waals surface area contributed by atoms with E-state index in [1.165, 1.54) is 30.4 Å². The molecule has 4 aromatic rings. The molecule has 0 unspecified atom stereocenters. The number of hydrogen-bond donors (Lipinski definition) is 3. The molecular weight excluding hydrogens is 594 g/mol. The van der Waals surface area contributed by atoms with Crippen molar-refractivity contribution in [2.24, 2.45) is 5.92 Å². The van der Waals surface area contributed by atoms with E-state index in [9.17, 15) is 5.11 Å². The Balaban J connectivity index is 1.03. The number of benzene rings is 2. The number of aryl methyl sites for hydroxylation is 1. The van der Waals surface area contributed by atoms with E-state index in [2.05, 4.69) is 80.7 Å². The molecule has 0 spiro atoms. The highest BCUT2D eigenvalue weighted by Crippen LogP contribution is 2.34. The highest BCUT2D eigenvalue weighted by atomic mass is 16.3. The topological polar surface area (TPSA) is 89.4 Å². The summed E-state index contributed by atoms with van der Waals surface area (Å²) in [7, 11) is 2.19. The molecule has 8 heteroatoms. The second-order valence-corrected chi connectivity index (χ2v) is 13.9. The smallest absolute Gasteiger partial charge is 0.229 e. The Morgan fingerprint density at radius 2 is 1.60 bits per heavy atom. The van der Waals surface area contributed by atoms with Crippen LogP contribution in [0, 0.1) is 17.8 Å². The van der Waals surface area contributed by atoms with Gasteiger partial charge in [0, 0.05) is 68.0 Å². The van der Waals surface area contributed by atoms with E-state index in [0.717, 1.165) is 105 Å². The first-order valence-corrected chi connectivity index (χ1v) is 17.7. The van der Waals surface area contributed by atoms with E-state index in [-0.39, 0.29) is 12.1 Å². The molecule has 248 valence electrons. The van der Waals surface area contributed by atoms with Crippen molar-refractivity contribution in [2.75, 3.05) is 43.9 Å². The molecule has 0 radical (unpaired) electrons. The minimum absolute atomic E-state index is 0.205. The van der Waals surface area contributed by atoms with Crippen LogP contribution in [-0.4, -0.2) is 75.2 Å². The molecule has 2 saturated carbocycles. The number of anilines is 3. The first-order chi connectivity index (χ1) is 23.5. The van der Waals surface area contributed by atoms with Crippen molar-refractivity contribution in [1.82, 2.24) is 24.8 Å². The SMILES string of the molecule is CN1CCN(Cc2ccc(-c3cnc(Nc4ccc(C#Cc5cc(CCC6CC6)ccn5)cc4)nc3NC3CCC(O)CC3)cc2)CC1. The Morgan fingerprint density at radius 3 is 2.35 bits per heavy atom.